The highest BCUT2D eigenvalue weighted by Gasteiger charge is 2.34. The van der Waals surface area contributed by atoms with Crippen molar-refractivity contribution < 1.29 is 9.53 Å². The van der Waals surface area contributed by atoms with Gasteiger partial charge in [-0.2, -0.15) is 0 Å². The molecule has 0 aliphatic heterocycles. The van der Waals surface area contributed by atoms with Crippen LogP contribution < -0.4 is 0 Å². The Hall–Kier alpha value is -3.39. The first-order valence-electron chi connectivity index (χ1n) is 20.3. The van der Waals surface area contributed by atoms with Gasteiger partial charge < -0.3 is 4.74 Å². The number of esters is 1. The second kappa shape index (κ2) is 23.3. The van der Waals surface area contributed by atoms with Crippen LogP contribution in [0.3, 0.4) is 0 Å². The lowest BCUT2D eigenvalue weighted by molar-refractivity contribution is -0.150. The highest BCUT2D eigenvalue weighted by Crippen LogP contribution is 2.43. The topological polar surface area (TPSA) is 26.3 Å². The van der Waals surface area contributed by atoms with E-state index in [4.69, 9.17) is 4.74 Å². The van der Waals surface area contributed by atoms with Crippen molar-refractivity contribution in [3.8, 4) is 0 Å². The van der Waals surface area contributed by atoms with Gasteiger partial charge in [0.05, 0.1) is 0 Å². The van der Waals surface area contributed by atoms with E-state index in [1.165, 1.54) is 96.0 Å². The van der Waals surface area contributed by atoms with Gasteiger partial charge in [0.15, 0.2) is 0 Å². The summed E-state index contributed by atoms with van der Waals surface area (Å²) >= 11 is 0. The summed E-state index contributed by atoms with van der Waals surface area (Å²) in [6.45, 7) is 24.6. The van der Waals surface area contributed by atoms with Crippen molar-refractivity contribution in [2.45, 2.75) is 166 Å². The molecule has 0 aromatic heterocycles. The van der Waals surface area contributed by atoms with Gasteiger partial charge in [-0.25, -0.2) is 0 Å². The lowest BCUT2D eigenvalue weighted by Crippen LogP contribution is -2.31. The van der Waals surface area contributed by atoms with Crippen LogP contribution >= 0.6 is 0 Å². The zero-order chi connectivity index (χ0) is 38.6. The van der Waals surface area contributed by atoms with Crippen LogP contribution in [0.4, 0.5) is 0 Å². The first kappa shape index (κ1) is 44.8. The Morgan fingerprint density at radius 1 is 0.654 bits per heavy atom. The molecule has 0 aromatic carbocycles. The summed E-state index contributed by atoms with van der Waals surface area (Å²) in [5.74, 6) is -0.0281. The third-order valence-electron chi connectivity index (χ3n) is 10.6. The molecular weight excluding hydrogens is 633 g/mol. The zero-order valence-electron chi connectivity index (χ0n) is 35.2. The molecule has 0 saturated heterocycles. The van der Waals surface area contributed by atoms with Crippen molar-refractivity contribution in [2.75, 3.05) is 0 Å². The van der Waals surface area contributed by atoms with Gasteiger partial charge in [0.1, 0.15) is 6.10 Å². The Labute approximate surface area is 320 Å². The number of unbranched alkanes of at least 4 members (excludes halogenated alkanes) is 6. The minimum Gasteiger partial charge on any atom is -0.462 e. The van der Waals surface area contributed by atoms with Crippen molar-refractivity contribution in [1.82, 2.24) is 0 Å². The Morgan fingerprint density at radius 3 is 1.65 bits per heavy atom. The van der Waals surface area contributed by atoms with Gasteiger partial charge in [0, 0.05) is 12.8 Å². The van der Waals surface area contributed by atoms with Gasteiger partial charge in [0.25, 0.3) is 0 Å². The van der Waals surface area contributed by atoms with Crippen molar-refractivity contribution in [3.63, 3.8) is 0 Å². The summed E-state index contributed by atoms with van der Waals surface area (Å²) in [7, 11) is 0. The normalized spacial score (nSPS) is 20.9. The molecular formula is C50H74O2. The van der Waals surface area contributed by atoms with E-state index < -0.39 is 0 Å². The van der Waals surface area contributed by atoms with E-state index >= 15 is 0 Å². The fraction of sp³-hybridized carbons (Fsp3) is 0.540. The molecule has 2 aliphatic rings. The molecule has 0 fully saturated rings. The van der Waals surface area contributed by atoms with Crippen molar-refractivity contribution in [1.29, 1.82) is 0 Å². The third kappa shape index (κ3) is 17.4. The Bertz CT molecular complexity index is 1500. The summed E-state index contributed by atoms with van der Waals surface area (Å²) < 4.78 is 5.95. The molecule has 52 heavy (non-hydrogen) atoms. The summed E-state index contributed by atoms with van der Waals surface area (Å²) in [5.41, 5.74) is 10.8. The van der Waals surface area contributed by atoms with Crippen LogP contribution in [0.2, 0.25) is 0 Å². The van der Waals surface area contributed by atoms with Crippen LogP contribution in [-0.2, 0) is 9.53 Å². The largest absolute Gasteiger partial charge is 0.462 e. The van der Waals surface area contributed by atoms with E-state index in [1.807, 2.05) is 0 Å². The van der Waals surface area contributed by atoms with E-state index in [0.717, 1.165) is 25.7 Å². The van der Waals surface area contributed by atoms with Gasteiger partial charge in [-0.1, -0.05) is 192 Å². The highest BCUT2D eigenvalue weighted by molar-refractivity contribution is 5.69. The maximum atomic E-state index is 12.6. The third-order valence-corrected chi connectivity index (χ3v) is 10.6. The molecule has 0 radical (unpaired) electrons. The number of carbonyl (C=O) groups excluding carboxylic acids is 1. The van der Waals surface area contributed by atoms with Gasteiger partial charge >= 0.3 is 5.97 Å². The number of carbonyl (C=O) groups is 1. The van der Waals surface area contributed by atoms with Crippen LogP contribution in [0, 0.1) is 10.8 Å². The Morgan fingerprint density at radius 2 is 1.13 bits per heavy atom. The molecule has 286 valence electrons. The monoisotopic (exact) mass is 707 g/mol. The molecule has 2 rings (SSSR count). The lowest BCUT2D eigenvalue weighted by Gasteiger charge is -2.37. The van der Waals surface area contributed by atoms with Crippen molar-refractivity contribution in [2.24, 2.45) is 10.8 Å². The molecule has 0 bridgehead atoms. The van der Waals surface area contributed by atoms with Crippen LogP contribution in [0.5, 0.6) is 0 Å². The predicted octanol–water partition coefficient (Wildman–Crippen LogP) is 15.3. The predicted molar refractivity (Wildman–Crippen MR) is 229 cm³/mol. The minimum absolute atomic E-state index is 0.0241. The molecule has 1 atom stereocenters. The van der Waals surface area contributed by atoms with Gasteiger partial charge in [-0.15, -0.1) is 0 Å². The van der Waals surface area contributed by atoms with Crippen molar-refractivity contribution in [3.05, 3.63) is 130 Å². The molecule has 0 saturated carbocycles. The van der Waals surface area contributed by atoms with Crippen LogP contribution in [0.1, 0.15) is 160 Å². The SMILES string of the molecule is CCCCCCCCCC(=O)O[C@@H]1CC(C)=C(/C=C/C(C)=C/C=C/C(C)=C/C=C/C=C(C)/C=C/C=C(C)/C=C/C2=C(C)CCCC2(C)C)C(C)(C)C1. The molecule has 0 aromatic rings. The number of rotatable bonds is 19. The fourth-order valence-electron chi connectivity index (χ4n) is 7.48. The molecule has 0 N–H and O–H groups in total. The number of ether oxygens (including phenoxy) is 1. The van der Waals surface area contributed by atoms with E-state index in [9.17, 15) is 4.79 Å². The van der Waals surface area contributed by atoms with E-state index in [-0.39, 0.29) is 22.9 Å². The highest BCUT2D eigenvalue weighted by atomic mass is 16.5. The maximum absolute atomic E-state index is 12.6. The Kier molecular flexibility index (Phi) is 20.1. The molecule has 0 amide bonds. The first-order chi connectivity index (χ1) is 24.6. The van der Waals surface area contributed by atoms with Gasteiger partial charge in [0.2, 0.25) is 0 Å². The summed E-state index contributed by atoms with van der Waals surface area (Å²) in [5, 5.41) is 0. The second-order valence-electron chi connectivity index (χ2n) is 16.8. The summed E-state index contributed by atoms with van der Waals surface area (Å²) in [6, 6.07) is 0. The van der Waals surface area contributed by atoms with Crippen LogP contribution in [-0.4, -0.2) is 12.1 Å². The van der Waals surface area contributed by atoms with E-state index in [0.29, 0.717) is 6.42 Å². The van der Waals surface area contributed by atoms with Crippen LogP contribution in [0.15, 0.2) is 130 Å². The first-order valence-corrected chi connectivity index (χ1v) is 20.3. The summed E-state index contributed by atoms with van der Waals surface area (Å²) in [6.07, 6.45) is 44.9. The van der Waals surface area contributed by atoms with Gasteiger partial charge in [-0.3, -0.25) is 4.79 Å². The minimum atomic E-state index is -0.0380. The smallest absolute Gasteiger partial charge is 0.306 e. The van der Waals surface area contributed by atoms with Crippen LogP contribution in [0.25, 0.3) is 0 Å². The van der Waals surface area contributed by atoms with Gasteiger partial charge in [-0.05, 0) is 95.6 Å². The number of hydrogen-bond acceptors (Lipinski definition) is 2. The zero-order valence-corrected chi connectivity index (χ0v) is 35.2. The lowest BCUT2D eigenvalue weighted by atomic mass is 9.71. The quantitative estimate of drug-likeness (QED) is 0.0759. The number of allylic oxidation sites excluding steroid dienone is 21. The standard InChI is InChI=1S/C50H74O2/c1-12-13-14-15-16-17-18-31-48(51)52-45-37-44(7)47(50(10,11)38-45)35-33-42(5)29-22-27-40(3)25-20-19-24-39(2)26-21-28-41(4)32-34-46-43(6)30-23-36-49(46,8)9/h19-22,24-29,32-35,45H,12-18,23,30-31,36-38H2,1-11H3/b20-19+,26-21+,27-22+,34-32+,35-33+,39-24+,40-25+,41-28+,42-29+/t45-/m1/s1. The molecule has 2 aliphatic carbocycles. The van der Waals surface area contributed by atoms with Crippen molar-refractivity contribution >= 4 is 5.97 Å². The average Bonchev–Trinajstić information content (AvgIpc) is 3.05. The second-order valence-corrected chi connectivity index (χ2v) is 16.8. The molecule has 0 unspecified atom stereocenters. The average molecular weight is 707 g/mol. The summed E-state index contributed by atoms with van der Waals surface area (Å²) in [4.78, 5) is 12.6. The molecule has 0 spiro atoms. The number of hydrogen-bond donors (Lipinski definition) is 0. The molecule has 0 heterocycles. The maximum Gasteiger partial charge on any atom is 0.306 e. The fourth-order valence-corrected chi connectivity index (χ4v) is 7.48. The van der Waals surface area contributed by atoms with E-state index in [2.05, 4.69) is 161 Å². The molecule has 2 nitrogen and oxygen atoms in total. The molecule has 2 heteroatoms. The Balaban J connectivity index is 1.85. The van der Waals surface area contributed by atoms with E-state index in [1.54, 1.807) is 0 Å².